The molecule has 0 saturated carbocycles. The van der Waals surface area contributed by atoms with Crippen molar-refractivity contribution in [3.8, 4) is 0 Å². The number of hydrogen-bond donors (Lipinski definition) is 1. The number of hydrogen-bond acceptors (Lipinski definition) is 7. The summed E-state index contributed by atoms with van der Waals surface area (Å²) in [6.45, 7) is 11.2. The highest BCUT2D eigenvalue weighted by atomic mass is 16.6. The predicted octanol–water partition coefficient (Wildman–Crippen LogP) is 11.6. The summed E-state index contributed by atoms with van der Waals surface area (Å²) in [6, 6.07) is 10.1. The molecule has 0 aromatic heterocycles. The van der Waals surface area contributed by atoms with E-state index in [-0.39, 0.29) is 30.4 Å². The average molecular weight is 790 g/mol. The Morgan fingerprint density at radius 3 is 1.79 bits per heavy atom. The summed E-state index contributed by atoms with van der Waals surface area (Å²) in [5.74, 6) is -0.860. The lowest BCUT2D eigenvalue weighted by Gasteiger charge is -2.33. The standard InChI is InChI=1S/C47H83NO8/c1-5-8-10-12-15-22-31-44(32-23-16-13-11-9-6-2)56-46(51)34-24-17-14-18-27-35-48(43(7-3)30-25-26-33-45(49)50)47(52)41(4)55-39-38-53-36-37-54-40-42-28-20-19-21-29-42/h19-21,28-29,41,43-44H,5-18,22-27,30-40H2,1-4H3,(H,49,50). The number of carboxylic acids is 1. The van der Waals surface area contributed by atoms with E-state index in [2.05, 4.69) is 20.8 Å². The van der Waals surface area contributed by atoms with Gasteiger partial charge in [0.2, 0.25) is 0 Å². The zero-order valence-corrected chi connectivity index (χ0v) is 36.3. The molecule has 0 spiro atoms. The van der Waals surface area contributed by atoms with Crippen LogP contribution in [0.15, 0.2) is 30.3 Å². The summed E-state index contributed by atoms with van der Waals surface area (Å²) in [6.07, 6.45) is 24.7. The molecule has 324 valence electrons. The van der Waals surface area contributed by atoms with Crippen LogP contribution in [0.2, 0.25) is 0 Å². The van der Waals surface area contributed by atoms with Crippen molar-refractivity contribution in [1.82, 2.24) is 4.90 Å². The fourth-order valence-electron chi connectivity index (χ4n) is 7.18. The molecule has 0 saturated heterocycles. The molecule has 2 unspecified atom stereocenters. The van der Waals surface area contributed by atoms with Crippen LogP contribution in [0.5, 0.6) is 0 Å². The molecule has 0 fully saturated rings. The van der Waals surface area contributed by atoms with Crippen LogP contribution in [0.3, 0.4) is 0 Å². The van der Waals surface area contributed by atoms with Crippen LogP contribution in [0, 0.1) is 0 Å². The molecule has 1 N–H and O–H groups in total. The normalized spacial score (nSPS) is 12.5. The number of carbonyl (C=O) groups excluding carboxylic acids is 2. The largest absolute Gasteiger partial charge is 0.481 e. The summed E-state index contributed by atoms with van der Waals surface area (Å²) < 4.78 is 23.3. The van der Waals surface area contributed by atoms with Gasteiger partial charge in [0.25, 0.3) is 5.91 Å². The lowest BCUT2D eigenvalue weighted by molar-refractivity contribution is -0.150. The summed E-state index contributed by atoms with van der Waals surface area (Å²) in [4.78, 5) is 39.6. The van der Waals surface area contributed by atoms with Gasteiger partial charge in [-0.3, -0.25) is 14.4 Å². The van der Waals surface area contributed by atoms with E-state index in [1.54, 1.807) is 6.92 Å². The quantitative estimate of drug-likeness (QED) is 0.0517. The van der Waals surface area contributed by atoms with E-state index in [4.69, 9.17) is 24.1 Å². The first-order chi connectivity index (χ1) is 27.3. The molecule has 1 amide bonds. The zero-order chi connectivity index (χ0) is 40.9. The fourth-order valence-corrected chi connectivity index (χ4v) is 7.18. The molecule has 0 aliphatic heterocycles. The van der Waals surface area contributed by atoms with Crippen molar-refractivity contribution in [3.63, 3.8) is 0 Å². The van der Waals surface area contributed by atoms with Crippen LogP contribution in [0.4, 0.5) is 0 Å². The molecule has 56 heavy (non-hydrogen) atoms. The van der Waals surface area contributed by atoms with E-state index < -0.39 is 12.1 Å². The Bertz CT molecular complexity index is 1050. The molecule has 0 bridgehead atoms. The van der Waals surface area contributed by atoms with Crippen LogP contribution in [-0.4, -0.2) is 79.1 Å². The average Bonchev–Trinajstić information content (AvgIpc) is 3.19. The predicted molar refractivity (Wildman–Crippen MR) is 228 cm³/mol. The lowest BCUT2D eigenvalue weighted by atomic mass is 10.0. The lowest BCUT2D eigenvalue weighted by Crippen LogP contribution is -2.46. The number of ether oxygens (including phenoxy) is 4. The van der Waals surface area contributed by atoms with Crippen LogP contribution < -0.4 is 0 Å². The first-order valence-corrected chi connectivity index (χ1v) is 22.8. The minimum Gasteiger partial charge on any atom is -0.481 e. The van der Waals surface area contributed by atoms with E-state index >= 15 is 0 Å². The number of aliphatic carboxylic acids is 1. The number of benzene rings is 1. The first kappa shape index (κ1) is 51.5. The summed E-state index contributed by atoms with van der Waals surface area (Å²) in [5, 5.41) is 9.09. The molecule has 9 heteroatoms. The molecule has 2 atom stereocenters. The number of amides is 1. The monoisotopic (exact) mass is 790 g/mol. The number of rotatable bonds is 40. The SMILES string of the molecule is CCCCCCCCC(CCCCCCCC)OC(=O)CCCCCCCN(C(=O)C(C)OCCOCCOCc1ccccc1)C(CC)CCCCC(=O)O. The molecular formula is C47H83NO8. The summed E-state index contributed by atoms with van der Waals surface area (Å²) in [7, 11) is 0. The van der Waals surface area contributed by atoms with Crippen molar-refractivity contribution >= 4 is 17.8 Å². The van der Waals surface area contributed by atoms with Gasteiger partial charge < -0.3 is 29.0 Å². The minimum atomic E-state index is -0.785. The third-order valence-electron chi connectivity index (χ3n) is 10.6. The smallest absolute Gasteiger partial charge is 0.306 e. The highest BCUT2D eigenvalue weighted by molar-refractivity contribution is 5.80. The number of esters is 1. The molecule has 0 aliphatic carbocycles. The van der Waals surface area contributed by atoms with Gasteiger partial charge in [-0.15, -0.1) is 0 Å². The minimum absolute atomic E-state index is 0.0273. The van der Waals surface area contributed by atoms with E-state index in [9.17, 15) is 14.4 Å². The van der Waals surface area contributed by atoms with Crippen molar-refractivity contribution in [2.45, 2.75) is 213 Å². The highest BCUT2D eigenvalue weighted by Crippen LogP contribution is 2.20. The van der Waals surface area contributed by atoms with Crippen LogP contribution in [0.25, 0.3) is 0 Å². The Balaban J connectivity index is 2.48. The van der Waals surface area contributed by atoms with Gasteiger partial charge in [0.1, 0.15) is 12.2 Å². The van der Waals surface area contributed by atoms with Gasteiger partial charge in [-0.2, -0.15) is 0 Å². The van der Waals surface area contributed by atoms with Gasteiger partial charge in [0, 0.05) is 25.4 Å². The second-order valence-electron chi connectivity index (χ2n) is 15.6. The van der Waals surface area contributed by atoms with Crippen molar-refractivity contribution in [2.75, 3.05) is 33.0 Å². The van der Waals surface area contributed by atoms with Gasteiger partial charge in [0.15, 0.2) is 0 Å². The van der Waals surface area contributed by atoms with Crippen LogP contribution in [0.1, 0.15) is 194 Å². The zero-order valence-electron chi connectivity index (χ0n) is 36.3. The van der Waals surface area contributed by atoms with E-state index in [1.807, 2.05) is 35.2 Å². The Hall–Kier alpha value is -2.49. The topological polar surface area (TPSA) is 112 Å². The van der Waals surface area contributed by atoms with Crippen molar-refractivity contribution in [1.29, 1.82) is 0 Å². The highest BCUT2D eigenvalue weighted by Gasteiger charge is 2.26. The van der Waals surface area contributed by atoms with E-state index in [1.165, 1.54) is 64.2 Å². The molecule has 0 radical (unpaired) electrons. The maximum atomic E-state index is 13.7. The second kappa shape index (κ2) is 36.8. The van der Waals surface area contributed by atoms with Crippen molar-refractivity contribution < 1.29 is 38.4 Å². The Morgan fingerprint density at radius 1 is 0.625 bits per heavy atom. The van der Waals surface area contributed by atoms with Gasteiger partial charge >= 0.3 is 11.9 Å². The third-order valence-corrected chi connectivity index (χ3v) is 10.6. The Kier molecular flexibility index (Phi) is 33.9. The van der Waals surface area contributed by atoms with E-state index in [0.717, 1.165) is 82.6 Å². The molecule has 1 aromatic rings. The molecule has 1 rings (SSSR count). The Morgan fingerprint density at radius 2 is 1.16 bits per heavy atom. The summed E-state index contributed by atoms with van der Waals surface area (Å²) >= 11 is 0. The number of nitrogens with zero attached hydrogens (tertiary/aromatic N) is 1. The first-order valence-electron chi connectivity index (χ1n) is 22.8. The number of unbranched alkanes of at least 4 members (excludes halogenated alkanes) is 15. The van der Waals surface area contributed by atoms with Crippen LogP contribution in [-0.2, 0) is 39.9 Å². The second-order valence-corrected chi connectivity index (χ2v) is 15.6. The number of carboxylic acid groups (broad SMARTS) is 1. The maximum Gasteiger partial charge on any atom is 0.306 e. The molecule has 1 aromatic carbocycles. The van der Waals surface area contributed by atoms with Crippen LogP contribution >= 0.6 is 0 Å². The number of carbonyl (C=O) groups is 3. The van der Waals surface area contributed by atoms with Gasteiger partial charge in [-0.1, -0.05) is 141 Å². The van der Waals surface area contributed by atoms with Gasteiger partial charge in [-0.25, -0.2) is 0 Å². The molecular weight excluding hydrogens is 707 g/mol. The van der Waals surface area contributed by atoms with Gasteiger partial charge in [-0.05, 0) is 70.3 Å². The Labute approximate surface area is 342 Å². The van der Waals surface area contributed by atoms with Crippen molar-refractivity contribution in [3.05, 3.63) is 35.9 Å². The summed E-state index contributed by atoms with van der Waals surface area (Å²) in [5.41, 5.74) is 1.12. The molecule has 0 heterocycles. The molecule has 0 aliphatic rings. The third kappa shape index (κ3) is 28.8. The van der Waals surface area contributed by atoms with E-state index in [0.29, 0.717) is 52.4 Å². The van der Waals surface area contributed by atoms with Crippen molar-refractivity contribution in [2.24, 2.45) is 0 Å². The maximum absolute atomic E-state index is 13.7. The molecule has 9 nitrogen and oxygen atoms in total. The fraction of sp³-hybridized carbons (Fsp3) is 0.809. The van der Waals surface area contributed by atoms with Gasteiger partial charge in [0.05, 0.1) is 33.0 Å².